The molecule has 2 aromatic rings. The van der Waals surface area contributed by atoms with Crippen LogP contribution >= 0.6 is 22.6 Å². The van der Waals surface area contributed by atoms with E-state index in [1.807, 2.05) is 22.6 Å². The second kappa shape index (κ2) is 9.15. The predicted octanol–water partition coefficient (Wildman–Crippen LogP) is 3.59. The number of nitrogens with one attached hydrogen (secondary N) is 2. The van der Waals surface area contributed by atoms with E-state index in [2.05, 4.69) is 17.4 Å². The maximum absolute atomic E-state index is 14.2. The number of halogens is 2. The van der Waals surface area contributed by atoms with E-state index in [1.54, 1.807) is 36.7 Å². The number of aliphatic hydroxyl groups excluding tert-OH is 1. The quantitative estimate of drug-likeness (QED) is 0.225. The fourth-order valence-corrected chi connectivity index (χ4v) is 2.84. The molecule has 140 valence electrons. The van der Waals surface area contributed by atoms with Gasteiger partial charge in [0.15, 0.2) is 5.78 Å². The van der Waals surface area contributed by atoms with E-state index in [-0.39, 0.29) is 24.7 Å². The molecule has 1 heterocycles. The molecule has 8 heteroatoms. The summed E-state index contributed by atoms with van der Waals surface area (Å²) in [4.78, 5) is 17.3. The van der Waals surface area contributed by atoms with Gasteiger partial charge in [-0.05, 0) is 46.9 Å². The molecule has 0 atom stereocenters. The summed E-state index contributed by atoms with van der Waals surface area (Å²) >= 11 is 2.03. The second-order valence-electron chi connectivity index (χ2n) is 5.53. The Morgan fingerprint density at radius 2 is 2.15 bits per heavy atom. The average molecular weight is 473 g/mol. The zero-order chi connectivity index (χ0) is 19.3. The number of rotatable bonds is 9. The van der Waals surface area contributed by atoms with Gasteiger partial charge in [-0.1, -0.05) is 13.5 Å². The zero-order valence-corrected chi connectivity index (χ0v) is 16.8. The molecule has 0 radical (unpaired) electrons. The van der Waals surface area contributed by atoms with Crippen LogP contribution < -0.4 is 10.8 Å². The minimum atomic E-state index is -0.400. The molecule has 0 bridgehead atoms. The Hall–Kier alpha value is -1.91. The third-order valence-corrected chi connectivity index (χ3v) is 4.41. The Bertz CT molecular complexity index is 820. The number of hydrogen-bond donors (Lipinski definition) is 3. The van der Waals surface area contributed by atoms with Gasteiger partial charge in [0.1, 0.15) is 11.6 Å². The number of carbonyl (C=O) groups is 1. The molecule has 0 unspecified atom stereocenters. The molecule has 0 fully saturated rings. The van der Waals surface area contributed by atoms with Crippen LogP contribution in [0.15, 0.2) is 30.8 Å². The first-order valence-corrected chi connectivity index (χ1v) is 9.09. The highest BCUT2D eigenvalue weighted by molar-refractivity contribution is 14.1. The van der Waals surface area contributed by atoms with Gasteiger partial charge in [0.2, 0.25) is 0 Å². The number of carbonyl (C=O) groups excluding carboxylic acids is 1. The maximum atomic E-state index is 14.2. The lowest BCUT2D eigenvalue weighted by molar-refractivity contribution is 0.0482. The molecule has 0 spiro atoms. The Balaban J connectivity index is 2.42. The van der Waals surface area contributed by atoms with Crippen molar-refractivity contribution >= 4 is 45.6 Å². The van der Waals surface area contributed by atoms with Gasteiger partial charge >= 0.3 is 0 Å². The van der Waals surface area contributed by atoms with Gasteiger partial charge in [-0.2, -0.15) is 0 Å². The first kappa shape index (κ1) is 20.4. The number of Topliss-reactive ketones (excluding diaryl/α,β-unsaturated/α-hetero) is 1. The van der Waals surface area contributed by atoms with Crippen molar-refractivity contribution in [1.29, 1.82) is 0 Å². The van der Waals surface area contributed by atoms with Crippen LogP contribution in [0.1, 0.15) is 29.4 Å². The number of aromatic nitrogens is 1. The summed E-state index contributed by atoms with van der Waals surface area (Å²) < 4.78 is 16.7. The Morgan fingerprint density at radius 1 is 1.42 bits per heavy atom. The maximum Gasteiger partial charge on any atom is 0.179 e. The summed E-state index contributed by atoms with van der Waals surface area (Å²) in [6, 6.07) is 6.51. The Labute approximate surface area is 165 Å². The first-order valence-electron chi connectivity index (χ1n) is 8.02. The van der Waals surface area contributed by atoms with Crippen LogP contribution in [0.4, 0.5) is 15.9 Å². The predicted molar refractivity (Wildman–Crippen MR) is 108 cm³/mol. The third-order valence-electron chi connectivity index (χ3n) is 3.74. The van der Waals surface area contributed by atoms with Gasteiger partial charge in [-0.3, -0.25) is 15.1 Å². The van der Waals surface area contributed by atoms with Crippen molar-refractivity contribution in [3.05, 3.63) is 51.5 Å². The van der Waals surface area contributed by atoms with Crippen molar-refractivity contribution in [1.82, 2.24) is 10.0 Å². The number of ketones is 1. The van der Waals surface area contributed by atoms with Gasteiger partial charge in [-0.15, -0.1) is 0 Å². The van der Waals surface area contributed by atoms with Crippen molar-refractivity contribution < 1.29 is 19.1 Å². The molecule has 0 saturated heterocycles. The number of hydrogen-bond acceptors (Lipinski definition) is 5. The summed E-state index contributed by atoms with van der Waals surface area (Å²) in [6.45, 7) is 5.61. The molecule has 26 heavy (non-hydrogen) atoms. The Morgan fingerprint density at radius 3 is 2.77 bits per heavy atom. The van der Waals surface area contributed by atoms with Crippen LogP contribution in [-0.4, -0.2) is 28.7 Å². The fraction of sp³-hybridized carbons (Fsp3) is 0.278. The van der Waals surface area contributed by atoms with Crippen LogP contribution in [0.5, 0.6) is 0 Å². The van der Waals surface area contributed by atoms with E-state index < -0.39 is 5.82 Å². The van der Waals surface area contributed by atoms with Crippen molar-refractivity contribution in [2.24, 2.45) is 7.05 Å². The van der Waals surface area contributed by atoms with Crippen LogP contribution in [0, 0.1) is 9.39 Å². The number of benzene rings is 1. The molecular weight excluding hydrogens is 452 g/mol. The smallest absolute Gasteiger partial charge is 0.179 e. The molecule has 0 aliphatic carbocycles. The van der Waals surface area contributed by atoms with Crippen LogP contribution in [0.2, 0.25) is 0 Å². The fourth-order valence-electron chi connectivity index (χ4n) is 2.39. The average Bonchev–Trinajstić information content (AvgIpc) is 2.93. The van der Waals surface area contributed by atoms with Gasteiger partial charge in [0, 0.05) is 22.6 Å². The SMILES string of the molecule is C=C(NOCCO)c1cc(C(=O)CC)n(C)c1Nc1ccc(I)cc1F. The highest BCUT2D eigenvalue weighted by atomic mass is 127. The van der Waals surface area contributed by atoms with Crippen molar-refractivity contribution in [3.8, 4) is 0 Å². The zero-order valence-electron chi connectivity index (χ0n) is 14.6. The van der Waals surface area contributed by atoms with Crippen molar-refractivity contribution in [3.63, 3.8) is 0 Å². The number of nitrogens with zero attached hydrogens (tertiary/aromatic N) is 1. The molecule has 0 saturated carbocycles. The normalized spacial score (nSPS) is 10.7. The lowest BCUT2D eigenvalue weighted by Crippen LogP contribution is -2.15. The van der Waals surface area contributed by atoms with Crippen LogP contribution in [0.3, 0.4) is 0 Å². The van der Waals surface area contributed by atoms with E-state index in [0.29, 0.717) is 29.2 Å². The highest BCUT2D eigenvalue weighted by Gasteiger charge is 2.20. The van der Waals surface area contributed by atoms with E-state index in [1.165, 1.54) is 6.07 Å². The largest absolute Gasteiger partial charge is 0.394 e. The van der Waals surface area contributed by atoms with E-state index in [9.17, 15) is 9.18 Å². The van der Waals surface area contributed by atoms with Gasteiger partial charge in [0.05, 0.1) is 30.3 Å². The van der Waals surface area contributed by atoms with Gasteiger partial charge in [0.25, 0.3) is 0 Å². The molecule has 3 N–H and O–H groups in total. The number of aliphatic hydroxyl groups is 1. The summed E-state index contributed by atoms with van der Waals surface area (Å²) in [7, 11) is 1.72. The van der Waals surface area contributed by atoms with E-state index in [0.717, 1.165) is 3.57 Å². The van der Waals surface area contributed by atoms with Gasteiger partial charge < -0.3 is 15.0 Å². The topological polar surface area (TPSA) is 75.5 Å². The van der Waals surface area contributed by atoms with Crippen LogP contribution in [-0.2, 0) is 11.9 Å². The summed E-state index contributed by atoms with van der Waals surface area (Å²) in [6.07, 6.45) is 0.343. The molecule has 0 amide bonds. The number of hydroxylamine groups is 1. The molecule has 0 aliphatic rings. The lowest BCUT2D eigenvalue weighted by atomic mass is 10.2. The molecule has 6 nitrogen and oxygen atoms in total. The third kappa shape index (κ3) is 4.63. The Kier molecular flexibility index (Phi) is 7.18. The summed E-state index contributed by atoms with van der Waals surface area (Å²) in [5.74, 6) is 0.0588. The van der Waals surface area contributed by atoms with E-state index in [4.69, 9.17) is 9.94 Å². The second-order valence-corrected chi connectivity index (χ2v) is 6.78. The molecule has 1 aromatic carbocycles. The number of anilines is 2. The minimum Gasteiger partial charge on any atom is -0.394 e. The van der Waals surface area contributed by atoms with Crippen LogP contribution in [0.25, 0.3) is 5.70 Å². The standard InChI is InChI=1S/C18H21FIN3O3/c1-4-17(25)16-10-13(11(2)22-26-8-7-24)18(23(16)3)21-15-6-5-12(20)9-14(15)19/h5-6,9-10,21-22,24H,2,4,7-8H2,1,3H3. The molecule has 0 aliphatic heterocycles. The van der Waals surface area contributed by atoms with E-state index >= 15 is 0 Å². The molecule has 2 rings (SSSR count). The lowest BCUT2D eigenvalue weighted by Gasteiger charge is -2.14. The monoisotopic (exact) mass is 473 g/mol. The van der Waals surface area contributed by atoms with Gasteiger partial charge in [-0.25, -0.2) is 4.39 Å². The molecular formula is C18H21FIN3O3. The highest BCUT2D eigenvalue weighted by Crippen LogP contribution is 2.30. The summed E-state index contributed by atoms with van der Waals surface area (Å²) in [5, 5.41) is 11.8. The molecule has 1 aromatic heterocycles. The minimum absolute atomic E-state index is 0.0473. The van der Waals surface area contributed by atoms with Crippen molar-refractivity contribution in [2.45, 2.75) is 13.3 Å². The first-order chi connectivity index (χ1) is 12.4. The summed E-state index contributed by atoms with van der Waals surface area (Å²) in [5.41, 5.74) is 4.35. The van der Waals surface area contributed by atoms with Crippen molar-refractivity contribution in [2.75, 3.05) is 18.5 Å².